The Morgan fingerprint density at radius 2 is 1.68 bits per heavy atom. The summed E-state index contributed by atoms with van der Waals surface area (Å²) >= 11 is 0. The molecule has 134 valence electrons. The first-order valence-corrected chi connectivity index (χ1v) is 8.62. The van der Waals surface area contributed by atoms with Gasteiger partial charge in [0.2, 0.25) is 0 Å². The molecule has 0 saturated carbocycles. The topological polar surface area (TPSA) is 24.1 Å². The molecular weight excluding hydrogens is 325 g/mol. The Morgan fingerprint density at radius 3 is 2.36 bits per heavy atom. The molecule has 1 heterocycles. The fraction of sp³-hybridized carbons (Fsp3) is 0.400. The Kier molecular flexibility index (Phi) is 5.04. The largest absolute Gasteiger partial charge is 0.418 e. The van der Waals surface area contributed by atoms with Crippen LogP contribution < -0.4 is 10.6 Å². The zero-order valence-corrected chi connectivity index (χ0v) is 14.5. The van der Waals surface area contributed by atoms with Gasteiger partial charge in [-0.2, -0.15) is 13.2 Å². The molecule has 3 rings (SSSR count). The quantitative estimate of drug-likeness (QED) is 0.826. The Balaban J connectivity index is 2.01. The van der Waals surface area contributed by atoms with Crippen LogP contribution in [0.25, 0.3) is 0 Å². The molecule has 0 radical (unpaired) electrons. The number of anilines is 1. The van der Waals surface area contributed by atoms with Crippen LogP contribution in [0.15, 0.2) is 36.4 Å². The zero-order chi connectivity index (χ0) is 18.0. The average molecular weight is 348 g/mol. The van der Waals surface area contributed by atoms with Gasteiger partial charge in [0, 0.05) is 6.04 Å². The highest BCUT2D eigenvalue weighted by molar-refractivity contribution is 5.63. The number of hydrogen-bond acceptors (Lipinski definition) is 2. The normalized spacial score (nSPS) is 16.0. The lowest BCUT2D eigenvalue weighted by molar-refractivity contribution is -0.137. The van der Waals surface area contributed by atoms with Gasteiger partial charge in [0.25, 0.3) is 0 Å². The monoisotopic (exact) mass is 348 g/mol. The second kappa shape index (κ2) is 7.08. The van der Waals surface area contributed by atoms with E-state index in [1.54, 1.807) is 6.07 Å². The fourth-order valence-electron chi connectivity index (χ4n) is 3.33. The predicted molar refractivity (Wildman–Crippen MR) is 94.9 cm³/mol. The number of hydrogen-bond donors (Lipinski definition) is 2. The lowest BCUT2D eigenvalue weighted by Crippen LogP contribution is -2.18. The van der Waals surface area contributed by atoms with Crippen molar-refractivity contribution in [3.8, 4) is 0 Å². The van der Waals surface area contributed by atoms with Gasteiger partial charge in [0.1, 0.15) is 0 Å². The zero-order valence-electron chi connectivity index (χ0n) is 14.5. The van der Waals surface area contributed by atoms with Crippen LogP contribution in [-0.4, -0.2) is 13.1 Å². The maximum atomic E-state index is 13.6. The van der Waals surface area contributed by atoms with Crippen molar-refractivity contribution in [2.24, 2.45) is 0 Å². The molecule has 25 heavy (non-hydrogen) atoms. The SMILES string of the molecule is Cc1ccc([C@H](C)Nc2c(C(F)(F)F)ccc3c2CCNCC3)cc1. The molecule has 0 saturated heterocycles. The third-order valence-corrected chi connectivity index (χ3v) is 4.78. The molecule has 0 amide bonds. The second-order valence-electron chi connectivity index (χ2n) is 6.65. The van der Waals surface area contributed by atoms with Crippen molar-refractivity contribution in [1.29, 1.82) is 0 Å². The standard InChI is InChI=1S/C20H23F3N2/c1-13-3-5-15(6-4-13)14(2)25-19-17-10-12-24-11-9-16(17)7-8-18(19)20(21,22)23/h3-8,14,24-25H,9-12H2,1-2H3/t14-/m0/s1. The minimum Gasteiger partial charge on any atom is -0.378 e. The molecule has 2 N–H and O–H groups in total. The molecule has 0 aliphatic carbocycles. The van der Waals surface area contributed by atoms with Gasteiger partial charge in [0.15, 0.2) is 0 Å². The van der Waals surface area contributed by atoms with Crippen LogP contribution >= 0.6 is 0 Å². The molecule has 0 aromatic heterocycles. The molecule has 2 nitrogen and oxygen atoms in total. The highest BCUT2D eigenvalue weighted by atomic mass is 19.4. The van der Waals surface area contributed by atoms with E-state index in [0.29, 0.717) is 13.0 Å². The number of fused-ring (bicyclic) bond motifs is 1. The summed E-state index contributed by atoms with van der Waals surface area (Å²) in [6.07, 6.45) is -3.02. The summed E-state index contributed by atoms with van der Waals surface area (Å²) < 4.78 is 40.7. The summed E-state index contributed by atoms with van der Waals surface area (Å²) in [5, 5.41) is 6.42. The van der Waals surface area contributed by atoms with Crippen LogP contribution in [0.2, 0.25) is 0 Å². The summed E-state index contributed by atoms with van der Waals surface area (Å²) in [4.78, 5) is 0. The van der Waals surface area contributed by atoms with E-state index in [0.717, 1.165) is 35.2 Å². The molecule has 1 aliphatic rings. The van der Waals surface area contributed by atoms with E-state index in [1.165, 1.54) is 6.07 Å². The number of nitrogens with one attached hydrogen (secondary N) is 2. The molecule has 2 aromatic rings. The first kappa shape index (κ1) is 17.8. The maximum absolute atomic E-state index is 13.6. The molecule has 5 heteroatoms. The van der Waals surface area contributed by atoms with Gasteiger partial charge in [-0.25, -0.2) is 0 Å². The van der Waals surface area contributed by atoms with Crippen molar-refractivity contribution >= 4 is 5.69 Å². The number of benzene rings is 2. The van der Waals surface area contributed by atoms with Gasteiger partial charge < -0.3 is 10.6 Å². The van der Waals surface area contributed by atoms with Crippen molar-refractivity contribution in [2.45, 2.75) is 38.9 Å². The van der Waals surface area contributed by atoms with Crippen molar-refractivity contribution in [2.75, 3.05) is 18.4 Å². The minimum absolute atomic E-state index is 0.204. The van der Waals surface area contributed by atoms with E-state index < -0.39 is 11.7 Å². The van der Waals surface area contributed by atoms with Gasteiger partial charge in [-0.3, -0.25) is 0 Å². The summed E-state index contributed by atoms with van der Waals surface area (Å²) in [6, 6.07) is 10.5. The fourth-order valence-corrected chi connectivity index (χ4v) is 3.33. The summed E-state index contributed by atoms with van der Waals surface area (Å²) in [7, 11) is 0. The average Bonchev–Trinajstić information content (AvgIpc) is 2.80. The molecule has 0 fully saturated rings. The smallest absolute Gasteiger partial charge is 0.378 e. The Bertz CT molecular complexity index is 736. The van der Waals surface area contributed by atoms with Crippen LogP contribution in [0.3, 0.4) is 0 Å². The van der Waals surface area contributed by atoms with E-state index in [2.05, 4.69) is 10.6 Å². The lowest BCUT2D eigenvalue weighted by atomic mass is 9.95. The van der Waals surface area contributed by atoms with Gasteiger partial charge in [0.05, 0.1) is 11.3 Å². The van der Waals surface area contributed by atoms with Gasteiger partial charge in [-0.1, -0.05) is 35.9 Å². The van der Waals surface area contributed by atoms with Crippen molar-refractivity contribution < 1.29 is 13.2 Å². The number of halogens is 3. The van der Waals surface area contributed by atoms with Crippen LogP contribution in [0, 0.1) is 6.92 Å². The minimum atomic E-state index is -4.37. The van der Waals surface area contributed by atoms with Crippen molar-refractivity contribution in [3.63, 3.8) is 0 Å². The first-order chi connectivity index (χ1) is 11.9. The third kappa shape index (κ3) is 3.98. The van der Waals surface area contributed by atoms with Crippen LogP contribution in [0.1, 0.15) is 40.8 Å². The Hall–Kier alpha value is -2.01. The van der Waals surface area contributed by atoms with E-state index >= 15 is 0 Å². The molecular formula is C20H23F3N2. The predicted octanol–water partition coefficient (Wildman–Crippen LogP) is 4.88. The molecule has 0 spiro atoms. The molecule has 0 bridgehead atoms. The van der Waals surface area contributed by atoms with E-state index in [9.17, 15) is 13.2 Å². The van der Waals surface area contributed by atoms with Gasteiger partial charge in [-0.15, -0.1) is 0 Å². The highest BCUT2D eigenvalue weighted by Gasteiger charge is 2.35. The van der Waals surface area contributed by atoms with E-state index in [4.69, 9.17) is 0 Å². The van der Waals surface area contributed by atoms with Crippen molar-refractivity contribution in [1.82, 2.24) is 5.32 Å². The number of rotatable bonds is 3. The molecule has 0 unspecified atom stereocenters. The summed E-state index contributed by atoms with van der Waals surface area (Å²) in [5.41, 5.74) is 3.55. The van der Waals surface area contributed by atoms with Gasteiger partial charge >= 0.3 is 6.18 Å². The van der Waals surface area contributed by atoms with Crippen molar-refractivity contribution in [3.05, 3.63) is 64.2 Å². The second-order valence-corrected chi connectivity index (χ2v) is 6.65. The first-order valence-electron chi connectivity index (χ1n) is 8.62. The van der Waals surface area contributed by atoms with Gasteiger partial charge in [-0.05, 0) is 62.5 Å². The van der Waals surface area contributed by atoms with E-state index in [-0.39, 0.29) is 11.7 Å². The maximum Gasteiger partial charge on any atom is 0.418 e. The Labute approximate surface area is 146 Å². The molecule has 1 aliphatic heterocycles. The third-order valence-electron chi connectivity index (χ3n) is 4.78. The Morgan fingerprint density at radius 1 is 1.00 bits per heavy atom. The molecule has 2 aromatic carbocycles. The number of alkyl halides is 3. The van der Waals surface area contributed by atoms with E-state index in [1.807, 2.05) is 38.1 Å². The van der Waals surface area contributed by atoms with Crippen LogP contribution in [0.5, 0.6) is 0 Å². The van der Waals surface area contributed by atoms with Crippen LogP contribution in [-0.2, 0) is 19.0 Å². The lowest BCUT2D eigenvalue weighted by Gasteiger charge is -2.24. The highest BCUT2D eigenvalue weighted by Crippen LogP contribution is 2.40. The molecule has 1 atom stereocenters. The summed E-state index contributed by atoms with van der Waals surface area (Å²) in [5.74, 6) is 0. The summed E-state index contributed by atoms with van der Waals surface area (Å²) in [6.45, 7) is 5.39. The number of aryl methyl sites for hydroxylation is 1. The van der Waals surface area contributed by atoms with Crippen LogP contribution in [0.4, 0.5) is 18.9 Å².